The van der Waals surface area contributed by atoms with Crippen molar-refractivity contribution in [1.82, 2.24) is 24.9 Å². The molecule has 2 fully saturated rings. The average Bonchev–Trinajstić information content (AvgIpc) is 3.24. The molecular formula is C17H19N5O3. The van der Waals surface area contributed by atoms with Gasteiger partial charge in [-0.2, -0.15) is 4.98 Å². The molecule has 1 aliphatic carbocycles. The molecule has 8 nitrogen and oxygen atoms in total. The molecule has 3 heterocycles. The summed E-state index contributed by atoms with van der Waals surface area (Å²) in [7, 11) is 1.70. The Balaban J connectivity index is 1.38. The summed E-state index contributed by atoms with van der Waals surface area (Å²) in [6.07, 6.45) is 5.73. The van der Waals surface area contributed by atoms with Crippen LogP contribution in [0.2, 0.25) is 0 Å². The molecule has 8 heteroatoms. The highest BCUT2D eigenvalue weighted by Crippen LogP contribution is 2.33. The van der Waals surface area contributed by atoms with Crippen molar-refractivity contribution >= 4 is 11.8 Å². The summed E-state index contributed by atoms with van der Waals surface area (Å²) in [5, 5.41) is 3.94. The van der Waals surface area contributed by atoms with Crippen LogP contribution in [0.5, 0.6) is 0 Å². The highest BCUT2D eigenvalue weighted by atomic mass is 16.5. The molecule has 2 aliphatic rings. The van der Waals surface area contributed by atoms with Crippen molar-refractivity contribution in [1.29, 1.82) is 0 Å². The number of rotatable bonds is 5. The molecule has 1 unspecified atom stereocenters. The Morgan fingerprint density at radius 3 is 2.84 bits per heavy atom. The molecule has 25 heavy (non-hydrogen) atoms. The highest BCUT2D eigenvalue weighted by molar-refractivity contribution is 5.89. The maximum atomic E-state index is 12.6. The Bertz CT molecular complexity index is 787. The van der Waals surface area contributed by atoms with Gasteiger partial charge in [0.25, 0.3) is 0 Å². The van der Waals surface area contributed by atoms with Crippen molar-refractivity contribution in [2.75, 3.05) is 13.6 Å². The van der Waals surface area contributed by atoms with Crippen LogP contribution in [0.15, 0.2) is 29.0 Å². The van der Waals surface area contributed by atoms with Crippen LogP contribution in [0.1, 0.15) is 25.2 Å². The second-order valence-corrected chi connectivity index (χ2v) is 6.62. The van der Waals surface area contributed by atoms with Crippen LogP contribution in [0.4, 0.5) is 0 Å². The zero-order valence-electron chi connectivity index (χ0n) is 14.0. The van der Waals surface area contributed by atoms with Gasteiger partial charge in [0, 0.05) is 44.0 Å². The van der Waals surface area contributed by atoms with E-state index in [4.69, 9.17) is 4.52 Å². The highest BCUT2D eigenvalue weighted by Gasteiger charge is 2.42. The quantitative estimate of drug-likeness (QED) is 0.809. The molecule has 0 bridgehead atoms. The zero-order valence-corrected chi connectivity index (χ0v) is 14.0. The number of carbonyl (C=O) groups excluding carboxylic acids is 2. The molecular weight excluding hydrogens is 322 g/mol. The van der Waals surface area contributed by atoms with E-state index >= 15 is 0 Å². The van der Waals surface area contributed by atoms with Gasteiger partial charge in [0.15, 0.2) is 0 Å². The minimum atomic E-state index is -0.277. The molecule has 1 aliphatic heterocycles. The van der Waals surface area contributed by atoms with Crippen molar-refractivity contribution in [3.8, 4) is 11.4 Å². The second-order valence-electron chi connectivity index (χ2n) is 6.62. The Kier molecular flexibility index (Phi) is 3.95. The van der Waals surface area contributed by atoms with Crippen LogP contribution >= 0.6 is 0 Å². The summed E-state index contributed by atoms with van der Waals surface area (Å²) in [5.41, 5.74) is 0.806. The van der Waals surface area contributed by atoms with Gasteiger partial charge in [-0.3, -0.25) is 14.6 Å². The number of hydrogen-bond donors (Lipinski definition) is 0. The van der Waals surface area contributed by atoms with Gasteiger partial charge in [-0.15, -0.1) is 0 Å². The van der Waals surface area contributed by atoms with Gasteiger partial charge in [-0.25, -0.2) is 0 Å². The molecule has 1 saturated heterocycles. The Morgan fingerprint density at radius 2 is 2.12 bits per heavy atom. The smallest absolute Gasteiger partial charge is 0.246 e. The molecule has 1 atom stereocenters. The van der Waals surface area contributed by atoms with E-state index in [1.165, 1.54) is 0 Å². The molecule has 130 valence electrons. The first-order valence-corrected chi connectivity index (χ1v) is 8.39. The maximum absolute atomic E-state index is 12.6. The molecule has 0 aromatic carbocycles. The van der Waals surface area contributed by atoms with Gasteiger partial charge in [0.05, 0.1) is 12.5 Å². The predicted molar refractivity (Wildman–Crippen MR) is 86.8 cm³/mol. The second kappa shape index (κ2) is 6.27. The van der Waals surface area contributed by atoms with E-state index in [1.807, 2.05) is 4.90 Å². The number of nitrogens with zero attached hydrogens (tertiary/aromatic N) is 5. The van der Waals surface area contributed by atoms with E-state index in [0.29, 0.717) is 30.7 Å². The summed E-state index contributed by atoms with van der Waals surface area (Å²) >= 11 is 0. The minimum Gasteiger partial charge on any atom is -0.339 e. The van der Waals surface area contributed by atoms with Crippen LogP contribution in [-0.4, -0.2) is 56.4 Å². The average molecular weight is 341 g/mol. The van der Waals surface area contributed by atoms with Gasteiger partial charge >= 0.3 is 0 Å². The molecule has 4 rings (SSSR count). The summed E-state index contributed by atoms with van der Waals surface area (Å²) < 4.78 is 5.24. The summed E-state index contributed by atoms with van der Waals surface area (Å²) in [4.78, 5) is 36.3. The molecule has 1 saturated carbocycles. The van der Waals surface area contributed by atoms with Gasteiger partial charge in [0.2, 0.25) is 23.5 Å². The fraction of sp³-hybridized carbons (Fsp3) is 0.471. The van der Waals surface area contributed by atoms with Crippen molar-refractivity contribution in [3.63, 3.8) is 0 Å². The third-order valence-electron chi connectivity index (χ3n) is 4.65. The SMILES string of the molecule is CN(Cc1nc(-c2ccncc2)no1)C(=O)C1CC(=O)N(C2CC2)C1. The van der Waals surface area contributed by atoms with Crippen LogP contribution in [0, 0.1) is 5.92 Å². The molecule has 2 aromatic heterocycles. The van der Waals surface area contributed by atoms with E-state index < -0.39 is 0 Å². The van der Waals surface area contributed by atoms with Crippen LogP contribution in [-0.2, 0) is 16.1 Å². The fourth-order valence-corrected chi connectivity index (χ4v) is 3.17. The van der Waals surface area contributed by atoms with E-state index in [9.17, 15) is 9.59 Å². The predicted octanol–water partition coefficient (Wildman–Crippen LogP) is 1.10. The van der Waals surface area contributed by atoms with E-state index in [2.05, 4.69) is 15.1 Å². The van der Waals surface area contributed by atoms with Crippen molar-refractivity contribution in [2.45, 2.75) is 31.8 Å². The number of aromatic nitrogens is 3. The van der Waals surface area contributed by atoms with Gasteiger partial charge in [0.1, 0.15) is 0 Å². The minimum absolute atomic E-state index is 0.0554. The van der Waals surface area contributed by atoms with Crippen LogP contribution < -0.4 is 0 Å². The van der Waals surface area contributed by atoms with Crippen molar-refractivity contribution < 1.29 is 14.1 Å². The Hall–Kier alpha value is -2.77. The number of carbonyl (C=O) groups is 2. The van der Waals surface area contributed by atoms with Crippen molar-refractivity contribution in [3.05, 3.63) is 30.4 Å². The normalized spacial score (nSPS) is 20.1. The summed E-state index contributed by atoms with van der Waals surface area (Å²) in [5.74, 6) is 0.591. The Morgan fingerprint density at radius 1 is 1.36 bits per heavy atom. The largest absolute Gasteiger partial charge is 0.339 e. The van der Waals surface area contributed by atoms with E-state index in [-0.39, 0.29) is 24.3 Å². The lowest BCUT2D eigenvalue weighted by Gasteiger charge is -2.19. The number of amides is 2. The third kappa shape index (κ3) is 3.24. The first-order chi connectivity index (χ1) is 12.1. The van der Waals surface area contributed by atoms with Gasteiger partial charge < -0.3 is 14.3 Å². The Labute approximate surface area is 144 Å². The first kappa shape index (κ1) is 15.7. The van der Waals surface area contributed by atoms with Gasteiger partial charge in [-0.1, -0.05) is 5.16 Å². The first-order valence-electron chi connectivity index (χ1n) is 8.39. The number of pyridine rings is 1. The molecule has 0 spiro atoms. The molecule has 2 aromatic rings. The third-order valence-corrected chi connectivity index (χ3v) is 4.65. The lowest BCUT2D eigenvalue weighted by molar-refractivity contribution is -0.135. The summed E-state index contributed by atoms with van der Waals surface area (Å²) in [6.45, 7) is 0.754. The molecule has 0 radical (unpaired) electrons. The van der Waals surface area contributed by atoms with Crippen molar-refractivity contribution in [2.24, 2.45) is 5.92 Å². The van der Waals surface area contributed by atoms with Crippen LogP contribution in [0.3, 0.4) is 0 Å². The maximum Gasteiger partial charge on any atom is 0.246 e. The molecule has 2 amide bonds. The monoisotopic (exact) mass is 341 g/mol. The van der Waals surface area contributed by atoms with Gasteiger partial charge in [-0.05, 0) is 25.0 Å². The standard InChI is InChI=1S/C17H19N5O3/c1-21(17(24)12-8-15(23)22(9-12)13-2-3-13)10-14-19-16(20-25-14)11-4-6-18-7-5-11/h4-7,12-13H,2-3,8-10H2,1H3. The lowest BCUT2D eigenvalue weighted by atomic mass is 10.1. The van der Waals surface area contributed by atoms with E-state index in [1.54, 1.807) is 36.5 Å². The molecule has 0 N–H and O–H groups in total. The van der Waals surface area contributed by atoms with E-state index in [0.717, 1.165) is 18.4 Å². The lowest BCUT2D eigenvalue weighted by Crippen LogP contribution is -2.34. The zero-order chi connectivity index (χ0) is 17.4. The topological polar surface area (TPSA) is 92.4 Å². The fourth-order valence-electron chi connectivity index (χ4n) is 3.17. The van der Waals surface area contributed by atoms with Crippen LogP contribution in [0.25, 0.3) is 11.4 Å². The number of hydrogen-bond acceptors (Lipinski definition) is 6. The number of likely N-dealkylation sites (tertiary alicyclic amines) is 1. The summed E-state index contributed by atoms with van der Waals surface area (Å²) in [6, 6.07) is 3.94.